The van der Waals surface area contributed by atoms with E-state index in [2.05, 4.69) is 5.32 Å². The Morgan fingerprint density at radius 3 is 2.61 bits per heavy atom. The molecule has 1 amide bonds. The van der Waals surface area contributed by atoms with Gasteiger partial charge < -0.3 is 10.4 Å². The van der Waals surface area contributed by atoms with Crippen LogP contribution in [0.3, 0.4) is 0 Å². The minimum atomic E-state index is -0.742. The Kier molecular flexibility index (Phi) is 4.60. The van der Waals surface area contributed by atoms with Crippen LogP contribution in [0.4, 0.5) is 0 Å². The van der Waals surface area contributed by atoms with Gasteiger partial charge in [0.25, 0.3) is 5.91 Å². The van der Waals surface area contributed by atoms with E-state index in [1.54, 1.807) is 0 Å². The van der Waals surface area contributed by atoms with Crippen molar-refractivity contribution in [2.75, 3.05) is 6.54 Å². The fourth-order valence-electron chi connectivity index (χ4n) is 3.52. The fraction of sp³-hybridized carbons (Fsp3) is 0.368. The van der Waals surface area contributed by atoms with Gasteiger partial charge in [0.1, 0.15) is 0 Å². The van der Waals surface area contributed by atoms with Crippen LogP contribution in [0.15, 0.2) is 42.5 Å². The lowest BCUT2D eigenvalue weighted by atomic mass is 9.79. The van der Waals surface area contributed by atoms with Gasteiger partial charge in [-0.25, -0.2) is 0 Å². The molecule has 0 aliphatic heterocycles. The van der Waals surface area contributed by atoms with Crippen LogP contribution < -0.4 is 5.32 Å². The Balaban J connectivity index is 1.72. The largest absolute Gasteiger partial charge is 0.481 e. The van der Waals surface area contributed by atoms with Crippen molar-refractivity contribution in [3.8, 4) is 0 Å². The number of rotatable bonds is 4. The number of nitrogens with one attached hydrogen (secondary N) is 1. The molecule has 0 spiro atoms. The zero-order valence-electron chi connectivity index (χ0n) is 13.0. The topological polar surface area (TPSA) is 66.4 Å². The molecule has 2 atom stereocenters. The molecule has 0 saturated heterocycles. The number of aliphatic carboxylic acids is 1. The monoisotopic (exact) mass is 311 g/mol. The summed E-state index contributed by atoms with van der Waals surface area (Å²) in [4.78, 5) is 23.9. The molecule has 1 aliphatic carbocycles. The van der Waals surface area contributed by atoms with Gasteiger partial charge in [0.05, 0.1) is 5.92 Å². The first-order valence-electron chi connectivity index (χ1n) is 8.15. The van der Waals surface area contributed by atoms with E-state index in [-0.39, 0.29) is 17.7 Å². The highest BCUT2D eigenvalue weighted by molar-refractivity contribution is 6.07. The molecule has 3 rings (SSSR count). The molecule has 0 radical (unpaired) electrons. The summed E-state index contributed by atoms with van der Waals surface area (Å²) >= 11 is 0. The highest BCUT2D eigenvalue weighted by Gasteiger charge is 2.30. The summed E-state index contributed by atoms with van der Waals surface area (Å²) in [6, 6.07) is 13.4. The van der Waals surface area contributed by atoms with E-state index in [0.29, 0.717) is 18.5 Å². The van der Waals surface area contributed by atoms with E-state index in [1.165, 1.54) is 0 Å². The Hall–Kier alpha value is -2.36. The lowest BCUT2D eigenvalue weighted by molar-refractivity contribution is -0.144. The lowest BCUT2D eigenvalue weighted by Gasteiger charge is -2.28. The summed E-state index contributed by atoms with van der Waals surface area (Å²) in [5.74, 6) is -1.18. The number of amides is 1. The molecular weight excluding hydrogens is 290 g/mol. The van der Waals surface area contributed by atoms with Gasteiger partial charge in [0.15, 0.2) is 0 Å². The van der Waals surface area contributed by atoms with Gasteiger partial charge in [-0.2, -0.15) is 0 Å². The molecule has 4 nitrogen and oxygen atoms in total. The van der Waals surface area contributed by atoms with Crippen molar-refractivity contribution in [1.82, 2.24) is 5.32 Å². The van der Waals surface area contributed by atoms with Crippen molar-refractivity contribution in [3.63, 3.8) is 0 Å². The molecule has 0 bridgehead atoms. The number of carbonyl (C=O) groups excluding carboxylic acids is 1. The van der Waals surface area contributed by atoms with Crippen LogP contribution in [0.1, 0.15) is 36.0 Å². The van der Waals surface area contributed by atoms with Crippen LogP contribution >= 0.6 is 0 Å². The average molecular weight is 311 g/mol. The molecule has 120 valence electrons. The van der Waals surface area contributed by atoms with Crippen molar-refractivity contribution in [2.45, 2.75) is 25.7 Å². The average Bonchev–Trinajstić information content (AvgIpc) is 2.59. The number of carboxylic acids is 1. The molecule has 1 fully saturated rings. The first-order chi connectivity index (χ1) is 11.2. The molecule has 2 aromatic carbocycles. The van der Waals surface area contributed by atoms with E-state index in [1.807, 2.05) is 42.5 Å². The highest BCUT2D eigenvalue weighted by atomic mass is 16.4. The van der Waals surface area contributed by atoms with Crippen LogP contribution in [-0.2, 0) is 4.79 Å². The van der Waals surface area contributed by atoms with Crippen LogP contribution in [0.5, 0.6) is 0 Å². The van der Waals surface area contributed by atoms with Crippen LogP contribution in [0.25, 0.3) is 10.8 Å². The van der Waals surface area contributed by atoms with Crippen molar-refractivity contribution in [3.05, 3.63) is 48.0 Å². The van der Waals surface area contributed by atoms with Gasteiger partial charge in [-0.15, -0.1) is 0 Å². The first kappa shape index (κ1) is 15.5. The molecule has 0 aromatic heterocycles. The third-order valence-corrected chi connectivity index (χ3v) is 4.79. The number of carboxylic acid groups (broad SMARTS) is 1. The van der Waals surface area contributed by atoms with Gasteiger partial charge in [-0.1, -0.05) is 49.2 Å². The van der Waals surface area contributed by atoms with E-state index in [4.69, 9.17) is 0 Å². The molecule has 2 N–H and O–H groups in total. The van der Waals surface area contributed by atoms with Gasteiger partial charge in [0, 0.05) is 12.1 Å². The second-order valence-corrected chi connectivity index (χ2v) is 6.23. The summed E-state index contributed by atoms with van der Waals surface area (Å²) in [6.07, 6.45) is 3.58. The molecule has 4 heteroatoms. The smallest absolute Gasteiger partial charge is 0.306 e. The first-order valence-corrected chi connectivity index (χ1v) is 8.15. The van der Waals surface area contributed by atoms with Crippen molar-refractivity contribution < 1.29 is 14.7 Å². The maximum atomic E-state index is 12.5. The molecule has 1 saturated carbocycles. The highest BCUT2D eigenvalue weighted by Crippen LogP contribution is 2.30. The van der Waals surface area contributed by atoms with Gasteiger partial charge in [-0.3, -0.25) is 9.59 Å². The lowest BCUT2D eigenvalue weighted by Crippen LogP contribution is -2.37. The maximum absolute atomic E-state index is 12.5. The van der Waals surface area contributed by atoms with Crippen molar-refractivity contribution in [2.24, 2.45) is 11.8 Å². The predicted octanol–water partition coefficient (Wildman–Crippen LogP) is 3.46. The van der Waals surface area contributed by atoms with Gasteiger partial charge in [0.2, 0.25) is 0 Å². The summed E-state index contributed by atoms with van der Waals surface area (Å²) in [5, 5.41) is 14.2. The Labute approximate surface area is 135 Å². The molecule has 0 heterocycles. The van der Waals surface area contributed by atoms with Crippen LogP contribution in [0, 0.1) is 11.8 Å². The molecule has 0 unspecified atom stereocenters. The summed E-state index contributed by atoms with van der Waals surface area (Å²) in [6.45, 7) is 0.430. The Bertz CT molecular complexity index is 720. The van der Waals surface area contributed by atoms with Crippen LogP contribution in [-0.4, -0.2) is 23.5 Å². The second-order valence-electron chi connectivity index (χ2n) is 6.23. The van der Waals surface area contributed by atoms with Gasteiger partial charge in [-0.05, 0) is 35.6 Å². The maximum Gasteiger partial charge on any atom is 0.306 e. The third kappa shape index (κ3) is 3.36. The number of carbonyl (C=O) groups is 2. The minimum Gasteiger partial charge on any atom is -0.481 e. The van der Waals surface area contributed by atoms with E-state index < -0.39 is 5.97 Å². The van der Waals surface area contributed by atoms with E-state index in [9.17, 15) is 14.7 Å². The Morgan fingerprint density at radius 1 is 1.04 bits per heavy atom. The second kappa shape index (κ2) is 6.82. The predicted molar refractivity (Wildman–Crippen MR) is 89.4 cm³/mol. The summed E-state index contributed by atoms with van der Waals surface area (Å²) < 4.78 is 0. The number of hydrogen-bond acceptors (Lipinski definition) is 2. The van der Waals surface area contributed by atoms with E-state index >= 15 is 0 Å². The quantitative estimate of drug-likeness (QED) is 0.908. The summed E-state index contributed by atoms with van der Waals surface area (Å²) in [5.41, 5.74) is 0.644. The van der Waals surface area contributed by atoms with E-state index in [0.717, 1.165) is 30.0 Å². The Morgan fingerprint density at radius 2 is 1.78 bits per heavy atom. The molecular formula is C19H21NO3. The minimum absolute atomic E-state index is 0.0279. The fourth-order valence-corrected chi connectivity index (χ4v) is 3.52. The molecule has 23 heavy (non-hydrogen) atoms. The standard InChI is InChI=1S/C19H21NO3/c21-18(17-11-5-8-13-6-1-3-9-15(13)17)20-12-14-7-2-4-10-16(14)19(22)23/h1,3,5-6,8-9,11,14,16H,2,4,7,10,12H2,(H,20,21)(H,22,23)/t14-,16-/m0/s1. The number of hydrogen-bond donors (Lipinski definition) is 2. The zero-order chi connectivity index (χ0) is 16.2. The van der Waals surface area contributed by atoms with Gasteiger partial charge >= 0.3 is 5.97 Å². The third-order valence-electron chi connectivity index (χ3n) is 4.79. The number of fused-ring (bicyclic) bond motifs is 1. The number of benzene rings is 2. The van der Waals surface area contributed by atoms with Crippen molar-refractivity contribution >= 4 is 22.6 Å². The zero-order valence-corrected chi connectivity index (χ0v) is 13.0. The molecule has 2 aromatic rings. The van der Waals surface area contributed by atoms with Crippen molar-refractivity contribution in [1.29, 1.82) is 0 Å². The SMILES string of the molecule is O=C(NC[C@@H]1CCCC[C@@H]1C(=O)O)c1cccc2ccccc12. The van der Waals surface area contributed by atoms with Crippen LogP contribution in [0.2, 0.25) is 0 Å². The normalized spacial score (nSPS) is 21.0. The summed E-state index contributed by atoms with van der Waals surface area (Å²) in [7, 11) is 0. The molecule has 1 aliphatic rings.